The number of unbranched alkanes of at least 4 members (excludes halogenated alkanes) is 1. The molecule has 2 atom stereocenters. The van der Waals surface area contributed by atoms with Gasteiger partial charge in [-0.1, -0.05) is 158 Å². The molecular weight excluding hydrogens is 667 g/mol. The lowest BCUT2D eigenvalue weighted by Gasteiger charge is -2.30. The first kappa shape index (κ1) is 34.4. The smallest absolute Gasteiger partial charge is 0.0629 e. The van der Waals surface area contributed by atoms with Crippen LogP contribution in [-0.2, 0) is 19.4 Å². The van der Waals surface area contributed by atoms with Crippen LogP contribution in [0.25, 0.3) is 28.4 Å². The number of hydrogen-bond donors (Lipinski definition) is 1. The Morgan fingerprint density at radius 3 is 2.35 bits per heavy atom. The molecule has 2 aliphatic carbocycles. The SMILES string of the molecule is C1=CC2c3ccccc3N(c3cc(/C(=C/CC/C=C\C=C/Cc4ccccc4)NCc4ccccc4)cc(-n4c5c(c6ccccc64)CCC=C5)c3)C2C=C1. The van der Waals surface area contributed by atoms with Gasteiger partial charge in [-0.05, 0) is 90.8 Å². The zero-order valence-electron chi connectivity index (χ0n) is 31.3. The van der Waals surface area contributed by atoms with Gasteiger partial charge in [-0.3, -0.25) is 0 Å². The van der Waals surface area contributed by atoms with Gasteiger partial charge in [0.15, 0.2) is 0 Å². The van der Waals surface area contributed by atoms with E-state index in [1.165, 1.54) is 61.5 Å². The average Bonchev–Trinajstić information content (AvgIpc) is 3.77. The molecule has 2 unspecified atom stereocenters. The summed E-state index contributed by atoms with van der Waals surface area (Å²) >= 11 is 0. The molecule has 6 aromatic rings. The fourth-order valence-corrected chi connectivity index (χ4v) is 8.56. The summed E-state index contributed by atoms with van der Waals surface area (Å²) in [5.74, 6) is 0.316. The molecule has 0 radical (unpaired) electrons. The first-order valence-corrected chi connectivity index (χ1v) is 19.8. The zero-order valence-corrected chi connectivity index (χ0v) is 31.3. The molecule has 0 saturated heterocycles. The molecule has 3 heteroatoms. The Morgan fingerprint density at radius 1 is 0.709 bits per heavy atom. The third-order valence-corrected chi connectivity index (χ3v) is 11.2. The minimum atomic E-state index is 0.213. The number of para-hydroxylation sites is 2. The number of benzene rings is 5. The summed E-state index contributed by atoms with van der Waals surface area (Å²) in [6, 6.07) is 46.7. The third-order valence-electron chi connectivity index (χ3n) is 11.2. The molecule has 0 fully saturated rings. The van der Waals surface area contributed by atoms with Crippen LogP contribution < -0.4 is 10.2 Å². The van der Waals surface area contributed by atoms with Crippen molar-refractivity contribution in [1.29, 1.82) is 0 Å². The van der Waals surface area contributed by atoms with E-state index >= 15 is 0 Å². The number of aromatic nitrogens is 1. The van der Waals surface area contributed by atoms with E-state index in [1.807, 2.05) is 0 Å². The van der Waals surface area contributed by atoms with Crippen molar-refractivity contribution in [2.24, 2.45) is 0 Å². The molecule has 1 aliphatic heterocycles. The van der Waals surface area contributed by atoms with Gasteiger partial charge in [-0.2, -0.15) is 0 Å². The fraction of sp³-hybridized carbons (Fsp3) is 0.154. The highest BCUT2D eigenvalue weighted by Gasteiger charge is 2.37. The lowest BCUT2D eigenvalue weighted by atomic mass is 9.91. The Kier molecular flexibility index (Phi) is 10.00. The van der Waals surface area contributed by atoms with Crippen LogP contribution in [0, 0.1) is 0 Å². The normalized spacial score (nSPS) is 17.3. The predicted molar refractivity (Wildman–Crippen MR) is 233 cm³/mol. The molecule has 2 heterocycles. The van der Waals surface area contributed by atoms with Gasteiger partial charge in [-0.15, -0.1) is 0 Å². The van der Waals surface area contributed by atoms with Crippen LogP contribution in [0.3, 0.4) is 0 Å². The summed E-state index contributed by atoms with van der Waals surface area (Å²) in [6.07, 6.45) is 30.1. The van der Waals surface area contributed by atoms with E-state index in [0.717, 1.165) is 44.3 Å². The zero-order chi connectivity index (χ0) is 36.8. The topological polar surface area (TPSA) is 20.2 Å². The first-order valence-electron chi connectivity index (χ1n) is 19.8. The number of rotatable bonds is 12. The van der Waals surface area contributed by atoms with Crippen LogP contribution in [0.2, 0.25) is 0 Å². The summed E-state index contributed by atoms with van der Waals surface area (Å²) in [5.41, 5.74) is 14.0. The van der Waals surface area contributed by atoms with Crippen LogP contribution in [0.15, 0.2) is 188 Å². The number of fused-ring (bicyclic) bond motifs is 6. The minimum Gasteiger partial charge on any atom is -0.381 e. The maximum absolute atomic E-state index is 3.90. The summed E-state index contributed by atoms with van der Waals surface area (Å²) in [7, 11) is 0. The quantitative estimate of drug-likeness (QED) is 0.101. The molecule has 9 rings (SSSR count). The molecule has 1 N–H and O–H groups in total. The molecule has 0 saturated carbocycles. The first-order chi connectivity index (χ1) is 27.3. The number of hydrogen-bond acceptors (Lipinski definition) is 2. The van der Waals surface area contributed by atoms with Gasteiger partial charge in [-0.25, -0.2) is 0 Å². The third kappa shape index (κ3) is 7.18. The number of anilines is 2. The van der Waals surface area contributed by atoms with Crippen molar-refractivity contribution in [3.63, 3.8) is 0 Å². The molecule has 5 aromatic carbocycles. The van der Waals surface area contributed by atoms with Crippen LogP contribution in [0.5, 0.6) is 0 Å². The summed E-state index contributed by atoms with van der Waals surface area (Å²) in [6.45, 7) is 0.750. The fourth-order valence-electron chi connectivity index (χ4n) is 8.56. The lowest BCUT2D eigenvalue weighted by molar-refractivity contribution is 0.744. The number of aryl methyl sites for hydroxylation is 1. The van der Waals surface area contributed by atoms with Crippen molar-refractivity contribution in [3.8, 4) is 5.69 Å². The molecule has 270 valence electrons. The van der Waals surface area contributed by atoms with E-state index in [2.05, 4.69) is 209 Å². The molecule has 0 spiro atoms. The Labute approximate surface area is 325 Å². The van der Waals surface area contributed by atoms with E-state index in [0.29, 0.717) is 5.92 Å². The molecule has 3 aliphatic rings. The predicted octanol–water partition coefficient (Wildman–Crippen LogP) is 12.6. The standard InChI is InChI=1S/C52H47N3/c1(3-7-21-39-22-8-5-9-23-39)2-4-12-30-48(53-38-40-24-10-6-11-25-40)41-35-42(54-49-31-17-13-26-44(49)45-27-14-18-32-50(45)54)37-43(36-41)55-51-33-19-15-28-46(51)47-29-16-20-34-52(47)55/h1-3,5-11,13-15,17-20,22-28,30-37,44,49,53H,4,12,16,21,29,38H2/b2-1-,7-3-,48-30-. The number of nitrogens with zero attached hydrogens (tertiary/aromatic N) is 2. The van der Waals surface area contributed by atoms with Crippen LogP contribution in [0.4, 0.5) is 11.4 Å². The maximum Gasteiger partial charge on any atom is 0.0629 e. The average molecular weight is 714 g/mol. The second-order valence-electron chi connectivity index (χ2n) is 14.7. The van der Waals surface area contributed by atoms with E-state index < -0.39 is 0 Å². The second-order valence-corrected chi connectivity index (χ2v) is 14.7. The lowest BCUT2D eigenvalue weighted by Crippen LogP contribution is -2.28. The van der Waals surface area contributed by atoms with Crippen molar-refractivity contribution in [1.82, 2.24) is 9.88 Å². The molecule has 0 bridgehead atoms. The minimum absolute atomic E-state index is 0.213. The maximum atomic E-state index is 3.90. The largest absolute Gasteiger partial charge is 0.381 e. The molecule has 55 heavy (non-hydrogen) atoms. The molecule has 0 amide bonds. The van der Waals surface area contributed by atoms with E-state index in [1.54, 1.807) is 0 Å². The van der Waals surface area contributed by atoms with Gasteiger partial charge < -0.3 is 14.8 Å². The molecule has 3 nitrogen and oxygen atoms in total. The Morgan fingerprint density at radius 2 is 1.45 bits per heavy atom. The van der Waals surface area contributed by atoms with E-state index in [-0.39, 0.29) is 6.04 Å². The van der Waals surface area contributed by atoms with E-state index in [9.17, 15) is 0 Å². The Balaban J connectivity index is 1.12. The van der Waals surface area contributed by atoms with Crippen LogP contribution in [0.1, 0.15) is 58.7 Å². The number of allylic oxidation sites excluding steroid dienone is 8. The van der Waals surface area contributed by atoms with Gasteiger partial charge in [0, 0.05) is 51.9 Å². The monoisotopic (exact) mass is 713 g/mol. The number of nitrogens with one attached hydrogen (secondary N) is 1. The highest BCUT2D eigenvalue weighted by atomic mass is 15.2. The highest BCUT2D eigenvalue weighted by Crippen LogP contribution is 2.48. The van der Waals surface area contributed by atoms with Crippen molar-refractivity contribution >= 4 is 34.1 Å². The van der Waals surface area contributed by atoms with Crippen LogP contribution >= 0.6 is 0 Å². The summed E-state index contributed by atoms with van der Waals surface area (Å²) in [4.78, 5) is 2.57. The highest BCUT2D eigenvalue weighted by molar-refractivity contribution is 5.91. The second kappa shape index (κ2) is 16.0. The Hall–Kier alpha value is -6.32. The molecule has 1 aromatic heterocycles. The van der Waals surface area contributed by atoms with Crippen molar-refractivity contribution in [2.75, 3.05) is 4.90 Å². The van der Waals surface area contributed by atoms with Crippen molar-refractivity contribution in [3.05, 3.63) is 222 Å². The summed E-state index contributed by atoms with van der Waals surface area (Å²) in [5, 5.41) is 5.25. The van der Waals surface area contributed by atoms with E-state index in [4.69, 9.17) is 0 Å². The van der Waals surface area contributed by atoms with Gasteiger partial charge in [0.1, 0.15) is 0 Å². The van der Waals surface area contributed by atoms with Gasteiger partial charge in [0.25, 0.3) is 0 Å². The van der Waals surface area contributed by atoms with Gasteiger partial charge in [0.2, 0.25) is 0 Å². The van der Waals surface area contributed by atoms with Gasteiger partial charge >= 0.3 is 0 Å². The summed E-state index contributed by atoms with van der Waals surface area (Å²) < 4.78 is 2.50. The molecular formula is C52H47N3. The van der Waals surface area contributed by atoms with Crippen LogP contribution in [-0.4, -0.2) is 10.6 Å². The van der Waals surface area contributed by atoms with Gasteiger partial charge in [0.05, 0.1) is 11.6 Å². The van der Waals surface area contributed by atoms with Crippen molar-refractivity contribution in [2.45, 2.75) is 50.6 Å². The van der Waals surface area contributed by atoms with Crippen molar-refractivity contribution < 1.29 is 0 Å². The Bertz CT molecular complexity index is 2470.